The van der Waals surface area contributed by atoms with Gasteiger partial charge in [0.05, 0.1) is 5.92 Å². The molecule has 3 rings (SSSR count). The van der Waals surface area contributed by atoms with E-state index in [9.17, 15) is 14.7 Å². The molecule has 1 aliphatic heterocycles. The van der Waals surface area contributed by atoms with Crippen LogP contribution in [0.2, 0.25) is 0 Å². The molecule has 1 amide bonds. The van der Waals surface area contributed by atoms with Crippen molar-refractivity contribution < 1.29 is 19.4 Å². The number of hydrogen-bond donors (Lipinski definition) is 1. The Morgan fingerprint density at radius 1 is 1.12 bits per heavy atom. The second-order valence-electron chi connectivity index (χ2n) is 6.05. The van der Waals surface area contributed by atoms with Crippen molar-refractivity contribution >= 4 is 28.0 Å². The van der Waals surface area contributed by atoms with Crippen molar-refractivity contribution in [3.8, 4) is 0 Å². The minimum atomic E-state index is -0.900. The van der Waals surface area contributed by atoms with Crippen LogP contribution in [0.4, 0.5) is 4.79 Å². The van der Waals surface area contributed by atoms with E-state index in [0.717, 1.165) is 15.6 Å². The number of nitrogens with zero attached hydrogens (tertiary/aromatic N) is 1. The van der Waals surface area contributed by atoms with Gasteiger partial charge in [0.1, 0.15) is 6.61 Å². The van der Waals surface area contributed by atoms with Gasteiger partial charge in [-0.05, 0) is 23.3 Å². The number of hydrogen-bond acceptors (Lipinski definition) is 3. The fourth-order valence-electron chi connectivity index (χ4n) is 3.09. The Morgan fingerprint density at radius 3 is 2.56 bits per heavy atom. The zero-order chi connectivity index (χ0) is 17.8. The van der Waals surface area contributed by atoms with Crippen LogP contribution in [-0.2, 0) is 16.1 Å². The number of carbonyl (C=O) groups is 2. The number of likely N-dealkylation sites (tertiary alicyclic amines) is 1. The smallest absolute Gasteiger partial charge is 0.410 e. The van der Waals surface area contributed by atoms with Gasteiger partial charge in [-0.3, -0.25) is 4.79 Å². The maximum atomic E-state index is 12.3. The molecule has 1 heterocycles. The summed E-state index contributed by atoms with van der Waals surface area (Å²) in [5.74, 6) is -1.79. The van der Waals surface area contributed by atoms with Crippen LogP contribution < -0.4 is 0 Å². The average Bonchev–Trinajstić information content (AvgIpc) is 3.06. The molecule has 2 aromatic carbocycles. The molecule has 1 fully saturated rings. The maximum Gasteiger partial charge on any atom is 0.410 e. The summed E-state index contributed by atoms with van der Waals surface area (Å²) >= 11 is 3.41. The highest BCUT2D eigenvalue weighted by Crippen LogP contribution is 2.34. The molecule has 25 heavy (non-hydrogen) atoms. The van der Waals surface area contributed by atoms with Gasteiger partial charge in [0.15, 0.2) is 0 Å². The normalized spacial score (nSPS) is 19.6. The highest BCUT2D eigenvalue weighted by molar-refractivity contribution is 9.10. The van der Waals surface area contributed by atoms with Gasteiger partial charge < -0.3 is 14.7 Å². The van der Waals surface area contributed by atoms with Crippen LogP contribution >= 0.6 is 15.9 Å². The number of carboxylic acid groups (broad SMARTS) is 1. The Labute approximate surface area is 154 Å². The largest absolute Gasteiger partial charge is 0.481 e. The van der Waals surface area contributed by atoms with E-state index in [1.54, 1.807) is 0 Å². The summed E-state index contributed by atoms with van der Waals surface area (Å²) in [6.45, 7) is 0.663. The molecule has 5 nitrogen and oxygen atoms in total. The van der Waals surface area contributed by atoms with Crippen molar-refractivity contribution in [2.24, 2.45) is 5.92 Å². The van der Waals surface area contributed by atoms with Crippen LogP contribution in [0.1, 0.15) is 17.0 Å². The molecule has 0 saturated carbocycles. The quantitative estimate of drug-likeness (QED) is 0.840. The lowest BCUT2D eigenvalue weighted by Crippen LogP contribution is -2.30. The number of aliphatic carboxylic acids is 1. The third-order valence-corrected chi connectivity index (χ3v) is 4.87. The Balaban J connectivity index is 1.69. The van der Waals surface area contributed by atoms with Crippen LogP contribution in [0.15, 0.2) is 59.1 Å². The topological polar surface area (TPSA) is 66.8 Å². The number of rotatable bonds is 4. The van der Waals surface area contributed by atoms with Gasteiger partial charge in [0.25, 0.3) is 0 Å². The van der Waals surface area contributed by atoms with Crippen LogP contribution in [0.3, 0.4) is 0 Å². The van der Waals surface area contributed by atoms with Gasteiger partial charge in [-0.25, -0.2) is 4.79 Å². The highest BCUT2D eigenvalue weighted by atomic mass is 79.9. The minimum absolute atomic E-state index is 0.153. The van der Waals surface area contributed by atoms with E-state index in [0.29, 0.717) is 6.54 Å². The van der Waals surface area contributed by atoms with Crippen molar-refractivity contribution in [2.75, 3.05) is 13.1 Å². The Kier molecular flexibility index (Phi) is 5.38. The Hall–Kier alpha value is -2.34. The molecule has 6 heteroatoms. The van der Waals surface area contributed by atoms with Crippen molar-refractivity contribution in [1.82, 2.24) is 4.90 Å². The van der Waals surface area contributed by atoms with E-state index in [4.69, 9.17) is 4.74 Å². The molecule has 0 radical (unpaired) electrons. The van der Waals surface area contributed by atoms with E-state index in [-0.39, 0.29) is 19.1 Å². The predicted octanol–water partition coefficient (Wildman–Crippen LogP) is 3.89. The Bertz CT molecular complexity index is 765. The molecule has 0 bridgehead atoms. The average molecular weight is 404 g/mol. The first-order chi connectivity index (χ1) is 12.0. The van der Waals surface area contributed by atoms with Gasteiger partial charge in [0, 0.05) is 23.5 Å². The first-order valence-electron chi connectivity index (χ1n) is 7.98. The number of halogens is 1. The molecular weight excluding hydrogens is 386 g/mol. The fourth-order valence-corrected chi connectivity index (χ4v) is 3.51. The molecule has 1 N–H and O–H groups in total. The van der Waals surface area contributed by atoms with Gasteiger partial charge in [0.2, 0.25) is 0 Å². The van der Waals surface area contributed by atoms with E-state index in [1.807, 2.05) is 54.6 Å². The fraction of sp³-hybridized carbons (Fsp3) is 0.263. The number of carbonyl (C=O) groups excluding carboxylic acids is 1. The molecule has 2 atom stereocenters. The second-order valence-corrected chi connectivity index (χ2v) is 6.97. The zero-order valence-electron chi connectivity index (χ0n) is 13.5. The van der Waals surface area contributed by atoms with Gasteiger partial charge in [-0.1, -0.05) is 58.4 Å². The standard InChI is InChI=1S/C19H18BrNO4/c20-15-8-4-7-14(9-15)16-10-21(11-17(16)18(22)23)19(24)25-12-13-5-2-1-3-6-13/h1-9,16-17H,10-12H2,(H,22,23)/t16-,17+/m0/s1. The SMILES string of the molecule is O=C(O)[C@@H]1CN(C(=O)OCc2ccccc2)C[C@H]1c1cccc(Br)c1. The molecule has 1 aliphatic rings. The maximum absolute atomic E-state index is 12.3. The summed E-state index contributed by atoms with van der Waals surface area (Å²) in [6, 6.07) is 17.0. The molecule has 0 unspecified atom stereocenters. The van der Waals surface area contributed by atoms with Crippen molar-refractivity contribution in [3.05, 3.63) is 70.2 Å². The molecule has 130 valence electrons. The lowest BCUT2D eigenvalue weighted by atomic mass is 9.89. The number of amides is 1. The molecule has 0 aromatic heterocycles. The summed E-state index contributed by atoms with van der Waals surface area (Å²) in [6.07, 6.45) is -0.479. The summed E-state index contributed by atoms with van der Waals surface area (Å²) in [5, 5.41) is 9.53. The molecular formula is C19H18BrNO4. The first kappa shape index (κ1) is 17.5. The summed E-state index contributed by atoms with van der Waals surface area (Å²) < 4.78 is 6.22. The van der Waals surface area contributed by atoms with E-state index in [2.05, 4.69) is 15.9 Å². The van der Waals surface area contributed by atoms with E-state index < -0.39 is 18.0 Å². The van der Waals surface area contributed by atoms with Crippen molar-refractivity contribution in [2.45, 2.75) is 12.5 Å². The van der Waals surface area contributed by atoms with Crippen LogP contribution in [0, 0.1) is 5.92 Å². The molecule has 0 spiro atoms. The third kappa shape index (κ3) is 4.20. The van der Waals surface area contributed by atoms with Gasteiger partial charge in [-0.15, -0.1) is 0 Å². The van der Waals surface area contributed by atoms with Crippen molar-refractivity contribution in [3.63, 3.8) is 0 Å². The summed E-state index contributed by atoms with van der Waals surface area (Å²) in [5.41, 5.74) is 1.80. The number of benzene rings is 2. The lowest BCUT2D eigenvalue weighted by molar-refractivity contribution is -0.141. The minimum Gasteiger partial charge on any atom is -0.481 e. The zero-order valence-corrected chi connectivity index (χ0v) is 15.1. The monoisotopic (exact) mass is 403 g/mol. The summed E-state index contributed by atoms with van der Waals surface area (Å²) in [4.78, 5) is 25.4. The second kappa shape index (κ2) is 7.70. The van der Waals surface area contributed by atoms with Gasteiger partial charge in [-0.2, -0.15) is 0 Å². The molecule has 1 saturated heterocycles. The summed E-state index contributed by atoms with van der Waals surface area (Å²) in [7, 11) is 0. The van der Waals surface area contributed by atoms with Crippen LogP contribution in [0.5, 0.6) is 0 Å². The van der Waals surface area contributed by atoms with Crippen molar-refractivity contribution in [1.29, 1.82) is 0 Å². The lowest BCUT2D eigenvalue weighted by Gasteiger charge is -2.16. The van der Waals surface area contributed by atoms with Crippen LogP contribution in [-0.4, -0.2) is 35.2 Å². The van der Waals surface area contributed by atoms with Gasteiger partial charge >= 0.3 is 12.1 Å². The molecule has 2 aromatic rings. The molecule has 0 aliphatic carbocycles. The highest BCUT2D eigenvalue weighted by Gasteiger charge is 2.41. The number of carboxylic acids is 1. The third-order valence-electron chi connectivity index (χ3n) is 4.38. The first-order valence-corrected chi connectivity index (χ1v) is 8.78. The number of ether oxygens (including phenoxy) is 1. The predicted molar refractivity (Wildman–Crippen MR) is 96.2 cm³/mol. The van der Waals surface area contributed by atoms with E-state index in [1.165, 1.54) is 4.90 Å². The Morgan fingerprint density at radius 2 is 1.88 bits per heavy atom. The van der Waals surface area contributed by atoms with E-state index >= 15 is 0 Å². The van der Waals surface area contributed by atoms with Crippen LogP contribution in [0.25, 0.3) is 0 Å².